The largest absolute Gasteiger partial charge is 0.256 e. The highest BCUT2D eigenvalue weighted by molar-refractivity contribution is 5.69. The van der Waals surface area contributed by atoms with Crippen molar-refractivity contribution in [3.8, 4) is 0 Å². The molecule has 0 saturated carbocycles. The fourth-order valence-electron chi connectivity index (χ4n) is 3.18. The Morgan fingerprint density at radius 1 is 0.875 bits per heavy atom. The van der Waals surface area contributed by atoms with Crippen LogP contribution in [0, 0.1) is 6.92 Å². The number of allylic oxidation sites excluding steroid dienone is 2. The Hall–Kier alpha value is -2.22. The second-order valence-electron chi connectivity index (χ2n) is 6.77. The third kappa shape index (κ3) is 3.64. The number of aryl methyl sites for hydroxylation is 1. The SMILES string of the molecule is C=C(CCC(=C)c1ccc2c(c1)CC(F)(F)C2)c1ccc(C)cc1. The van der Waals surface area contributed by atoms with Crippen molar-refractivity contribution in [2.45, 2.75) is 38.5 Å². The van der Waals surface area contributed by atoms with E-state index in [1.165, 1.54) is 5.56 Å². The van der Waals surface area contributed by atoms with E-state index >= 15 is 0 Å². The smallest absolute Gasteiger partial charge is 0.206 e. The van der Waals surface area contributed by atoms with Gasteiger partial charge in [0.05, 0.1) is 0 Å². The lowest BCUT2D eigenvalue weighted by molar-refractivity contribution is 0.0130. The summed E-state index contributed by atoms with van der Waals surface area (Å²) in [5.74, 6) is -2.60. The average molecular weight is 324 g/mol. The molecule has 0 aliphatic heterocycles. The van der Waals surface area contributed by atoms with Gasteiger partial charge in [0.2, 0.25) is 0 Å². The number of benzene rings is 2. The van der Waals surface area contributed by atoms with Crippen molar-refractivity contribution in [1.29, 1.82) is 0 Å². The van der Waals surface area contributed by atoms with Gasteiger partial charge in [-0.3, -0.25) is 0 Å². The normalized spacial score (nSPS) is 15.1. The van der Waals surface area contributed by atoms with Crippen LogP contribution in [0.25, 0.3) is 11.1 Å². The summed E-state index contributed by atoms with van der Waals surface area (Å²) in [6.07, 6.45) is 1.30. The minimum atomic E-state index is -2.60. The van der Waals surface area contributed by atoms with Crippen LogP contribution in [0.4, 0.5) is 8.78 Å². The first-order chi connectivity index (χ1) is 11.3. The molecule has 2 aromatic carbocycles. The van der Waals surface area contributed by atoms with Gasteiger partial charge in [0, 0.05) is 12.8 Å². The molecule has 0 unspecified atom stereocenters. The van der Waals surface area contributed by atoms with Gasteiger partial charge in [-0.05, 0) is 53.2 Å². The number of halogens is 2. The van der Waals surface area contributed by atoms with Crippen LogP contribution in [0.3, 0.4) is 0 Å². The van der Waals surface area contributed by atoms with Crippen molar-refractivity contribution in [3.05, 3.63) is 83.4 Å². The number of rotatable bonds is 5. The first-order valence-electron chi connectivity index (χ1n) is 8.27. The van der Waals surface area contributed by atoms with Crippen LogP contribution in [0.5, 0.6) is 0 Å². The molecule has 1 aliphatic rings. The highest BCUT2D eigenvalue weighted by Gasteiger charge is 2.37. The summed E-state index contributed by atoms with van der Waals surface area (Å²) in [6.45, 7) is 10.4. The van der Waals surface area contributed by atoms with Gasteiger partial charge in [-0.15, -0.1) is 0 Å². The molecular weight excluding hydrogens is 302 g/mol. The summed E-state index contributed by atoms with van der Waals surface area (Å²) in [5.41, 5.74) is 6.90. The second kappa shape index (κ2) is 6.35. The molecule has 24 heavy (non-hydrogen) atoms. The third-order valence-electron chi connectivity index (χ3n) is 4.70. The number of alkyl halides is 2. The quantitative estimate of drug-likeness (QED) is 0.611. The van der Waals surface area contributed by atoms with E-state index in [4.69, 9.17) is 0 Å². The fraction of sp³-hybridized carbons (Fsp3) is 0.273. The van der Waals surface area contributed by atoms with E-state index in [0.717, 1.165) is 46.2 Å². The Bertz CT molecular complexity index is 782. The molecule has 124 valence electrons. The second-order valence-corrected chi connectivity index (χ2v) is 6.77. The van der Waals surface area contributed by atoms with Gasteiger partial charge in [0.1, 0.15) is 0 Å². The summed E-state index contributed by atoms with van der Waals surface area (Å²) < 4.78 is 27.0. The van der Waals surface area contributed by atoms with E-state index in [-0.39, 0.29) is 12.8 Å². The van der Waals surface area contributed by atoms with Crippen molar-refractivity contribution < 1.29 is 8.78 Å². The maximum Gasteiger partial charge on any atom is 0.256 e. The lowest BCUT2D eigenvalue weighted by Crippen LogP contribution is -2.14. The Labute approximate surface area is 142 Å². The fourth-order valence-corrected chi connectivity index (χ4v) is 3.18. The Morgan fingerprint density at radius 2 is 1.42 bits per heavy atom. The zero-order chi connectivity index (χ0) is 17.3. The molecule has 2 heteroatoms. The predicted molar refractivity (Wildman–Crippen MR) is 97.3 cm³/mol. The van der Waals surface area contributed by atoms with Crippen molar-refractivity contribution >= 4 is 11.1 Å². The Balaban J connectivity index is 1.64. The zero-order valence-electron chi connectivity index (χ0n) is 14.0. The number of hydrogen-bond acceptors (Lipinski definition) is 0. The first-order valence-corrected chi connectivity index (χ1v) is 8.27. The Morgan fingerprint density at radius 3 is 2.08 bits per heavy atom. The highest BCUT2D eigenvalue weighted by atomic mass is 19.3. The van der Waals surface area contributed by atoms with Crippen LogP contribution in [-0.2, 0) is 12.8 Å². The summed E-state index contributed by atoms with van der Waals surface area (Å²) >= 11 is 0. The monoisotopic (exact) mass is 324 g/mol. The van der Waals surface area contributed by atoms with Gasteiger partial charge in [0.25, 0.3) is 5.92 Å². The molecule has 0 heterocycles. The standard InChI is InChI=1S/C22H22F2/c1-15-4-8-18(9-5-15)16(2)6-7-17(3)19-10-11-20-13-22(23,24)14-21(20)12-19/h4-5,8-12H,2-3,6-7,13-14H2,1H3. The van der Waals surface area contributed by atoms with Gasteiger partial charge in [-0.1, -0.05) is 61.2 Å². The molecule has 2 aromatic rings. The van der Waals surface area contributed by atoms with Crippen molar-refractivity contribution in [1.82, 2.24) is 0 Å². The van der Waals surface area contributed by atoms with Crippen LogP contribution < -0.4 is 0 Å². The van der Waals surface area contributed by atoms with E-state index in [9.17, 15) is 8.78 Å². The molecular formula is C22H22F2. The van der Waals surface area contributed by atoms with Crippen LogP contribution in [0.2, 0.25) is 0 Å². The van der Waals surface area contributed by atoms with Gasteiger partial charge in [-0.2, -0.15) is 0 Å². The summed E-state index contributed by atoms with van der Waals surface area (Å²) in [4.78, 5) is 0. The number of hydrogen-bond donors (Lipinski definition) is 0. The molecule has 0 fully saturated rings. The molecule has 0 aromatic heterocycles. The van der Waals surface area contributed by atoms with Crippen molar-refractivity contribution in [2.75, 3.05) is 0 Å². The molecule has 1 aliphatic carbocycles. The summed E-state index contributed by atoms with van der Waals surface area (Å²) in [7, 11) is 0. The maximum atomic E-state index is 13.5. The summed E-state index contributed by atoms with van der Waals surface area (Å²) in [6, 6.07) is 13.9. The van der Waals surface area contributed by atoms with Gasteiger partial charge >= 0.3 is 0 Å². The number of fused-ring (bicyclic) bond motifs is 1. The van der Waals surface area contributed by atoms with E-state index in [2.05, 4.69) is 44.3 Å². The van der Waals surface area contributed by atoms with E-state index < -0.39 is 5.92 Å². The maximum absolute atomic E-state index is 13.5. The Kier molecular flexibility index (Phi) is 4.40. The van der Waals surface area contributed by atoms with Crippen LogP contribution in [0.1, 0.15) is 40.7 Å². The molecule has 0 bridgehead atoms. The predicted octanol–water partition coefficient (Wildman–Crippen LogP) is 6.24. The van der Waals surface area contributed by atoms with Gasteiger partial charge in [0.15, 0.2) is 0 Å². The lowest BCUT2D eigenvalue weighted by Gasteiger charge is -2.10. The van der Waals surface area contributed by atoms with E-state index in [1.54, 1.807) is 0 Å². The van der Waals surface area contributed by atoms with Gasteiger partial charge in [-0.25, -0.2) is 8.78 Å². The summed E-state index contributed by atoms with van der Waals surface area (Å²) in [5, 5.41) is 0. The molecule has 0 saturated heterocycles. The lowest BCUT2D eigenvalue weighted by atomic mass is 9.95. The first kappa shape index (κ1) is 16.6. The molecule has 0 radical (unpaired) electrons. The highest BCUT2D eigenvalue weighted by Crippen LogP contribution is 2.36. The molecule has 0 amide bonds. The van der Waals surface area contributed by atoms with Crippen molar-refractivity contribution in [2.24, 2.45) is 0 Å². The van der Waals surface area contributed by atoms with Crippen LogP contribution in [0.15, 0.2) is 55.6 Å². The molecule has 0 nitrogen and oxygen atoms in total. The van der Waals surface area contributed by atoms with Crippen molar-refractivity contribution in [3.63, 3.8) is 0 Å². The minimum Gasteiger partial charge on any atom is -0.206 e. The third-order valence-corrected chi connectivity index (χ3v) is 4.70. The average Bonchev–Trinajstić information content (AvgIpc) is 2.85. The minimum absolute atomic E-state index is 0.140. The van der Waals surface area contributed by atoms with E-state index in [0.29, 0.717) is 0 Å². The molecule has 3 rings (SSSR count). The van der Waals surface area contributed by atoms with E-state index in [1.807, 2.05) is 18.2 Å². The molecule has 0 atom stereocenters. The molecule has 0 spiro atoms. The molecule has 0 N–H and O–H groups in total. The zero-order valence-corrected chi connectivity index (χ0v) is 14.0. The van der Waals surface area contributed by atoms with Crippen LogP contribution in [-0.4, -0.2) is 5.92 Å². The topological polar surface area (TPSA) is 0 Å². The van der Waals surface area contributed by atoms with Crippen LogP contribution >= 0.6 is 0 Å². The van der Waals surface area contributed by atoms with Gasteiger partial charge < -0.3 is 0 Å².